The van der Waals surface area contributed by atoms with Gasteiger partial charge in [-0.15, -0.1) is 11.3 Å². The number of rotatable bonds is 2. The molecule has 0 aliphatic rings. The van der Waals surface area contributed by atoms with Gasteiger partial charge >= 0.3 is 6.03 Å². The molecule has 13 heavy (non-hydrogen) atoms. The molecular formula is C9H14N2OS. The molecule has 0 saturated heterocycles. The predicted molar refractivity (Wildman–Crippen MR) is 55.0 cm³/mol. The molecule has 0 spiro atoms. The van der Waals surface area contributed by atoms with Crippen molar-refractivity contribution in [3.8, 4) is 0 Å². The number of thiophene rings is 1. The second-order valence-electron chi connectivity index (χ2n) is 2.94. The van der Waals surface area contributed by atoms with Gasteiger partial charge in [-0.2, -0.15) is 0 Å². The molecule has 2 amide bonds. The number of aryl methyl sites for hydroxylation is 1. The average molecular weight is 198 g/mol. The van der Waals surface area contributed by atoms with Crippen LogP contribution in [0.1, 0.15) is 10.4 Å². The van der Waals surface area contributed by atoms with E-state index < -0.39 is 0 Å². The first-order valence-electron chi connectivity index (χ1n) is 4.11. The topological polar surface area (TPSA) is 32.3 Å². The van der Waals surface area contributed by atoms with Gasteiger partial charge in [-0.3, -0.25) is 0 Å². The SMILES string of the molecule is CNC(=O)N(C)Cc1sccc1C. The van der Waals surface area contributed by atoms with Crippen LogP contribution in [0.4, 0.5) is 4.79 Å². The summed E-state index contributed by atoms with van der Waals surface area (Å²) >= 11 is 1.68. The maximum atomic E-state index is 11.2. The van der Waals surface area contributed by atoms with E-state index in [9.17, 15) is 4.79 Å². The fourth-order valence-electron chi connectivity index (χ4n) is 1.04. The maximum Gasteiger partial charge on any atom is 0.317 e. The van der Waals surface area contributed by atoms with Crippen LogP contribution in [-0.4, -0.2) is 25.0 Å². The molecule has 0 aromatic carbocycles. The lowest BCUT2D eigenvalue weighted by molar-refractivity contribution is 0.209. The highest BCUT2D eigenvalue weighted by molar-refractivity contribution is 7.10. The minimum absolute atomic E-state index is 0.0483. The summed E-state index contributed by atoms with van der Waals surface area (Å²) in [6, 6.07) is 2.02. The van der Waals surface area contributed by atoms with Crippen molar-refractivity contribution in [3.05, 3.63) is 21.9 Å². The lowest BCUT2D eigenvalue weighted by Gasteiger charge is -2.15. The quantitative estimate of drug-likeness (QED) is 0.772. The Morgan fingerprint density at radius 3 is 2.85 bits per heavy atom. The molecule has 3 nitrogen and oxygen atoms in total. The van der Waals surface area contributed by atoms with Crippen LogP contribution in [0, 0.1) is 6.92 Å². The van der Waals surface area contributed by atoms with E-state index in [1.165, 1.54) is 10.4 Å². The summed E-state index contributed by atoms with van der Waals surface area (Å²) in [6.07, 6.45) is 0. The maximum absolute atomic E-state index is 11.2. The molecule has 4 heteroatoms. The van der Waals surface area contributed by atoms with Gasteiger partial charge in [0.2, 0.25) is 0 Å². The van der Waals surface area contributed by atoms with E-state index in [2.05, 4.69) is 18.3 Å². The minimum Gasteiger partial charge on any atom is -0.341 e. The Kier molecular flexibility index (Phi) is 3.31. The number of hydrogen-bond donors (Lipinski definition) is 1. The van der Waals surface area contributed by atoms with Crippen LogP contribution in [0.5, 0.6) is 0 Å². The molecular weight excluding hydrogens is 184 g/mol. The second kappa shape index (κ2) is 4.28. The first-order valence-corrected chi connectivity index (χ1v) is 4.99. The summed E-state index contributed by atoms with van der Waals surface area (Å²) in [5.74, 6) is 0. The Morgan fingerprint density at radius 2 is 2.38 bits per heavy atom. The van der Waals surface area contributed by atoms with Crippen molar-refractivity contribution in [2.45, 2.75) is 13.5 Å². The van der Waals surface area contributed by atoms with Crippen molar-refractivity contribution in [2.75, 3.05) is 14.1 Å². The van der Waals surface area contributed by atoms with Crippen LogP contribution in [-0.2, 0) is 6.54 Å². The van der Waals surface area contributed by atoms with E-state index in [0.29, 0.717) is 6.54 Å². The molecule has 1 N–H and O–H groups in total. The van der Waals surface area contributed by atoms with Gasteiger partial charge in [0.05, 0.1) is 6.54 Å². The van der Waals surface area contributed by atoms with Gasteiger partial charge < -0.3 is 10.2 Å². The van der Waals surface area contributed by atoms with Crippen LogP contribution >= 0.6 is 11.3 Å². The van der Waals surface area contributed by atoms with Gasteiger partial charge in [-0.25, -0.2) is 4.79 Å². The van der Waals surface area contributed by atoms with E-state index in [1.807, 2.05) is 5.38 Å². The average Bonchev–Trinajstić information content (AvgIpc) is 2.50. The molecule has 0 saturated carbocycles. The smallest absolute Gasteiger partial charge is 0.317 e. The molecule has 0 unspecified atom stereocenters. The van der Waals surface area contributed by atoms with Crippen LogP contribution < -0.4 is 5.32 Å². The Balaban J connectivity index is 2.59. The third-order valence-electron chi connectivity index (χ3n) is 1.91. The number of amides is 2. The highest BCUT2D eigenvalue weighted by Gasteiger charge is 2.08. The molecule has 1 aromatic rings. The predicted octanol–water partition coefficient (Wildman–Crippen LogP) is 1.83. The van der Waals surface area contributed by atoms with Crippen molar-refractivity contribution >= 4 is 17.4 Å². The number of urea groups is 1. The highest BCUT2D eigenvalue weighted by Crippen LogP contribution is 2.16. The van der Waals surface area contributed by atoms with Gasteiger partial charge in [0.15, 0.2) is 0 Å². The normalized spacial score (nSPS) is 9.77. The lowest BCUT2D eigenvalue weighted by Crippen LogP contribution is -2.34. The molecule has 0 atom stereocenters. The Labute approximate surface area is 82.4 Å². The Hall–Kier alpha value is -1.03. The highest BCUT2D eigenvalue weighted by atomic mass is 32.1. The molecule has 0 aliphatic carbocycles. The van der Waals surface area contributed by atoms with Gasteiger partial charge in [0.25, 0.3) is 0 Å². The van der Waals surface area contributed by atoms with Gasteiger partial charge in [-0.05, 0) is 23.9 Å². The van der Waals surface area contributed by atoms with Crippen LogP contribution in [0.15, 0.2) is 11.4 Å². The fourth-order valence-corrected chi connectivity index (χ4v) is 2.00. The molecule has 0 fully saturated rings. The lowest BCUT2D eigenvalue weighted by atomic mass is 10.3. The van der Waals surface area contributed by atoms with Gasteiger partial charge in [-0.1, -0.05) is 0 Å². The summed E-state index contributed by atoms with van der Waals surface area (Å²) in [5, 5.41) is 4.63. The third kappa shape index (κ3) is 2.45. The zero-order valence-corrected chi connectivity index (χ0v) is 8.94. The van der Waals surface area contributed by atoms with Gasteiger partial charge in [0, 0.05) is 19.0 Å². The molecule has 1 heterocycles. The number of nitrogens with one attached hydrogen (secondary N) is 1. The van der Waals surface area contributed by atoms with Crippen LogP contribution in [0.3, 0.4) is 0 Å². The fraction of sp³-hybridized carbons (Fsp3) is 0.444. The number of carbonyl (C=O) groups is 1. The molecule has 1 aromatic heterocycles. The number of carbonyl (C=O) groups excluding carboxylic acids is 1. The summed E-state index contributed by atoms with van der Waals surface area (Å²) in [5.41, 5.74) is 1.25. The van der Waals surface area contributed by atoms with Crippen molar-refractivity contribution < 1.29 is 4.79 Å². The summed E-state index contributed by atoms with van der Waals surface area (Å²) in [4.78, 5) is 14.1. The summed E-state index contributed by atoms with van der Waals surface area (Å²) in [6.45, 7) is 2.74. The first-order chi connectivity index (χ1) is 6.15. The number of hydrogen-bond acceptors (Lipinski definition) is 2. The summed E-state index contributed by atoms with van der Waals surface area (Å²) < 4.78 is 0. The second-order valence-corrected chi connectivity index (χ2v) is 3.94. The van der Waals surface area contributed by atoms with Gasteiger partial charge in [0.1, 0.15) is 0 Å². The van der Waals surface area contributed by atoms with E-state index in [1.54, 1.807) is 30.3 Å². The van der Waals surface area contributed by atoms with Crippen LogP contribution in [0.25, 0.3) is 0 Å². The zero-order valence-electron chi connectivity index (χ0n) is 8.13. The van der Waals surface area contributed by atoms with E-state index in [-0.39, 0.29) is 6.03 Å². The van der Waals surface area contributed by atoms with E-state index in [0.717, 1.165) is 0 Å². The standard InChI is InChI=1S/C9H14N2OS/c1-7-4-5-13-8(7)6-11(3)9(12)10-2/h4-5H,6H2,1-3H3,(H,10,12). The third-order valence-corrected chi connectivity index (χ3v) is 2.92. The summed E-state index contributed by atoms with van der Waals surface area (Å²) in [7, 11) is 3.43. The number of nitrogens with zero attached hydrogens (tertiary/aromatic N) is 1. The van der Waals surface area contributed by atoms with Crippen molar-refractivity contribution in [1.82, 2.24) is 10.2 Å². The minimum atomic E-state index is -0.0483. The monoisotopic (exact) mass is 198 g/mol. The molecule has 0 bridgehead atoms. The van der Waals surface area contributed by atoms with E-state index >= 15 is 0 Å². The van der Waals surface area contributed by atoms with Crippen molar-refractivity contribution in [1.29, 1.82) is 0 Å². The van der Waals surface area contributed by atoms with Crippen LogP contribution in [0.2, 0.25) is 0 Å². The van der Waals surface area contributed by atoms with Crippen molar-refractivity contribution in [2.24, 2.45) is 0 Å². The first kappa shape index (κ1) is 10.1. The largest absolute Gasteiger partial charge is 0.341 e. The molecule has 1 rings (SSSR count). The van der Waals surface area contributed by atoms with E-state index in [4.69, 9.17) is 0 Å². The molecule has 0 aliphatic heterocycles. The molecule has 72 valence electrons. The Morgan fingerprint density at radius 1 is 1.69 bits per heavy atom. The molecule has 0 radical (unpaired) electrons. The van der Waals surface area contributed by atoms with Crippen molar-refractivity contribution in [3.63, 3.8) is 0 Å². The Bertz CT molecular complexity index is 296. The zero-order chi connectivity index (χ0) is 9.84.